The van der Waals surface area contributed by atoms with Crippen molar-refractivity contribution < 1.29 is 56.5 Å². The number of nitrogens with zero attached hydrogens (tertiary/aromatic N) is 8. The van der Waals surface area contributed by atoms with E-state index in [2.05, 4.69) is 202 Å². The maximum Gasteiger partial charge on any atom is 0.227 e. The van der Waals surface area contributed by atoms with Crippen molar-refractivity contribution in [1.29, 1.82) is 0 Å². The molecule has 0 saturated carbocycles. The summed E-state index contributed by atoms with van der Waals surface area (Å²) < 4.78 is 158. The van der Waals surface area contributed by atoms with Crippen LogP contribution in [0.25, 0.3) is 133 Å². The highest BCUT2D eigenvalue weighted by molar-refractivity contribution is 6.12. The lowest BCUT2D eigenvalue weighted by Crippen LogP contribution is -2.32. The Bertz CT molecular complexity index is 7210. The number of pyridine rings is 8. The van der Waals surface area contributed by atoms with Crippen LogP contribution < -0.4 is 18.3 Å². The number of hydrogen-bond acceptors (Lipinski definition) is 8. The highest BCUT2D eigenvalue weighted by Gasteiger charge is 2.31. The molecule has 612 valence electrons. The molecule has 12 heteroatoms. The molecule has 0 spiro atoms. The third-order valence-electron chi connectivity index (χ3n) is 22.0. The zero-order valence-electron chi connectivity index (χ0n) is 89.3. The second-order valence-corrected chi connectivity index (χ2v) is 36.4. The number of furan rings is 4. The molecule has 0 aliphatic carbocycles. The summed E-state index contributed by atoms with van der Waals surface area (Å²) >= 11 is 0. The summed E-state index contributed by atoms with van der Waals surface area (Å²) in [5.74, 6) is 0.708. The number of hydrogen-bond donors (Lipinski definition) is 0. The molecule has 0 aliphatic rings. The quantitative estimate of drug-likeness (QED) is 0.111. The molecule has 0 bridgehead atoms. The summed E-state index contributed by atoms with van der Waals surface area (Å²) in [5.41, 5.74) is 23.0. The van der Waals surface area contributed by atoms with Crippen LogP contribution in [0.15, 0.2) is 164 Å². The predicted molar refractivity (Wildman–Crippen MR) is 490 cm³/mol. The Balaban J connectivity index is 0.000000151. The van der Waals surface area contributed by atoms with Gasteiger partial charge in [0.15, 0.2) is 47.1 Å². The molecule has 0 unspecified atom stereocenters. The van der Waals surface area contributed by atoms with E-state index in [4.69, 9.17) is 48.2 Å². The minimum atomic E-state index is -3.70. The molecule has 0 fully saturated rings. The lowest BCUT2D eigenvalue weighted by Gasteiger charge is -2.19. The van der Waals surface area contributed by atoms with Crippen LogP contribution in [0, 0.1) is 77.0 Å². The van der Waals surface area contributed by atoms with Crippen molar-refractivity contribution in [3.05, 3.63) is 236 Å². The molecular formula is C106H128N8O4+4. The molecule has 0 atom stereocenters. The number of fused-ring (bicyclic) bond motifs is 12. The SMILES string of the molecule is Cc1cc(-c2c(C)ccc3c2oc2nc(C(C)C)ccc23)[n+](C)cc1CC(C)(C)C.[2H]C([2H])([2H])C(C([2H])([2H])[2H])(C([2H])([2H])[2H])C([2H])([2H])c1c[n+](C)c(-c2c(C)ccc3c2oc2nc(CC)ccc23)cc1C.[2H]C([2H])(c1c[n+](C)c(-c2c(C)ccc3c2oc2nc(C(C)C)ccc23)cc1C)C(C)(C)C.[2H]C([2H])(c1c[n+](C)c(-c2c(C)ccc3c2oc2nc(CC)ccc23)cc1C)C(C)(C)C. The standard InChI is InChI=1S/2C27H33N2O.2C26H31N2O/c2*1-16(2)22-12-11-21-20-10-9-17(3)24(25(20)30-26(21)28-22)23-13-18(4)19(15-29(23)8)14-27(5,6)7;2*1-8-19-10-12-21-20-11-9-16(2)23(24(20)29-25(21)27-19)22-13-17(3)18(15-28(22)7)14-26(4,5)6/h2*9-13,15-16H,14H2,1-8H3;2*9-13,15H,8,14H2,1-7H3/q4*+1/i14D2;;4D3,5D3,6D3,14D2;14D2. The van der Waals surface area contributed by atoms with Crippen LogP contribution in [0.5, 0.6) is 0 Å². The van der Waals surface area contributed by atoms with Gasteiger partial charge in [-0.15, -0.1) is 0 Å². The van der Waals surface area contributed by atoms with Crippen LogP contribution in [0.4, 0.5) is 0 Å². The first-order chi connectivity index (χ1) is 61.5. The maximum absolute atomic E-state index is 8.88. The van der Waals surface area contributed by atoms with Gasteiger partial charge >= 0.3 is 0 Å². The van der Waals surface area contributed by atoms with E-state index in [0.717, 1.165) is 169 Å². The van der Waals surface area contributed by atoms with Crippen molar-refractivity contribution in [2.45, 2.75) is 230 Å². The molecule has 0 aliphatic heterocycles. The van der Waals surface area contributed by atoms with Crippen LogP contribution in [0.2, 0.25) is 0 Å². The van der Waals surface area contributed by atoms with E-state index in [1.165, 1.54) is 40.1 Å². The Hall–Kier alpha value is -10.7. The van der Waals surface area contributed by atoms with Crippen LogP contribution in [0.1, 0.15) is 246 Å². The van der Waals surface area contributed by atoms with Crippen LogP contribution in [0.3, 0.4) is 0 Å². The van der Waals surface area contributed by atoms with E-state index in [9.17, 15) is 0 Å². The lowest BCUT2D eigenvalue weighted by atomic mass is 9.86. The van der Waals surface area contributed by atoms with Gasteiger partial charge < -0.3 is 17.7 Å². The molecule has 0 amide bonds. The monoisotopic (exact) mass is 1590 g/mol. The molecular weight excluding hydrogens is 1450 g/mol. The van der Waals surface area contributed by atoms with Gasteiger partial charge in [0.2, 0.25) is 45.6 Å². The van der Waals surface area contributed by atoms with E-state index in [0.29, 0.717) is 51.4 Å². The maximum atomic E-state index is 8.88. The van der Waals surface area contributed by atoms with E-state index in [-0.39, 0.29) is 16.5 Å². The highest BCUT2D eigenvalue weighted by atomic mass is 16.4. The average molecular weight is 1590 g/mol. The normalized spacial score (nSPS) is 14.9. The fraction of sp³-hybridized carbons (Fsp3) is 0.396. The van der Waals surface area contributed by atoms with Crippen molar-refractivity contribution in [2.75, 3.05) is 0 Å². The fourth-order valence-corrected chi connectivity index (χ4v) is 15.9. The van der Waals surface area contributed by atoms with Crippen molar-refractivity contribution in [2.24, 2.45) is 49.9 Å². The summed E-state index contributed by atoms with van der Waals surface area (Å²) in [4.78, 5) is 18.8. The van der Waals surface area contributed by atoms with E-state index >= 15 is 0 Å². The zero-order chi connectivity index (χ0) is 98.3. The lowest BCUT2D eigenvalue weighted by molar-refractivity contribution is -0.661. The van der Waals surface area contributed by atoms with Gasteiger partial charge in [0.05, 0.1) is 22.3 Å². The van der Waals surface area contributed by atoms with Crippen molar-refractivity contribution in [3.63, 3.8) is 0 Å². The van der Waals surface area contributed by atoms with E-state index in [1.54, 1.807) is 13.1 Å². The molecule has 12 heterocycles. The summed E-state index contributed by atoms with van der Waals surface area (Å²) in [6.07, 6.45) is 3.88. The first-order valence-corrected chi connectivity index (χ1v) is 41.4. The summed E-state index contributed by atoms with van der Waals surface area (Å²) in [6.45, 7) is 36.0. The van der Waals surface area contributed by atoms with Crippen LogP contribution in [-0.2, 0) is 66.6 Å². The minimum Gasteiger partial charge on any atom is -0.437 e. The Morgan fingerprint density at radius 2 is 0.576 bits per heavy atom. The topological polar surface area (TPSA) is 120 Å². The molecule has 12 aromatic heterocycles. The number of rotatable bonds is 12. The van der Waals surface area contributed by atoms with Gasteiger partial charge in [-0.25, -0.2) is 38.2 Å². The second kappa shape index (κ2) is 32.9. The van der Waals surface area contributed by atoms with Crippen LogP contribution in [-0.4, -0.2) is 19.9 Å². The summed E-state index contributed by atoms with van der Waals surface area (Å²) in [5, 5.41) is 8.02. The zero-order valence-corrected chi connectivity index (χ0v) is 74.3. The molecule has 0 N–H and O–H groups in total. The Kier molecular flexibility index (Phi) is 18.7. The van der Waals surface area contributed by atoms with Gasteiger partial charge in [-0.05, 0) is 220 Å². The average Bonchev–Trinajstić information content (AvgIpc) is 1.55. The minimum absolute atomic E-state index is 0.194. The number of aromatic nitrogens is 8. The first kappa shape index (κ1) is 67.2. The van der Waals surface area contributed by atoms with E-state index in [1.807, 2.05) is 129 Å². The Morgan fingerprint density at radius 3 is 0.839 bits per heavy atom. The molecule has 0 radical (unpaired) electrons. The Labute approximate surface area is 721 Å². The Morgan fingerprint density at radius 1 is 0.322 bits per heavy atom. The van der Waals surface area contributed by atoms with Crippen molar-refractivity contribution in [3.8, 4) is 45.0 Å². The third-order valence-corrected chi connectivity index (χ3v) is 22.0. The van der Waals surface area contributed by atoms with Crippen molar-refractivity contribution >= 4 is 88.3 Å². The molecule has 16 rings (SSSR count). The molecule has 118 heavy (non-hydrogen) atoms. The van der Waals surface area contributed by atoms with Gasteiger partial charge in [0, 0.05) is 133 Å². The van der Waals surface area contributed by atoms with Crippen LogP contribution >= 0.6 is 0 Å². The molecule has 12 nitrogen and oxygen atoms in total. The van der Waals surface area contributed by atoms with Gasteiger partial charge in [-0.1, -0.05) is 173 Å². The second-order valence-electron chi connectivity index (χ2n) is 36.4. The van der Waals surface area contributed by atoms with Gasteiger partial charge in [0.1, 0.15) is 28.2 Å². The van der Waals surface area contributed by atoms with Gasteiger partial charge in [-0.3, -0.25) is 0 Å². The fourth-order valence-electron chi connectivity index (χ4n) is 15.9. The summed E-state index contributed by atoms with van der Waals surface area (Å²) in [6, 6.07) is 41.2. The third kappa shape index (κ3) is 17.8. The largest absolute Gasteiger partial charge is 0.437 e. The smallest absolute Gasteiger partial charge is 0.227 e. The molecule has 0 saturated heterocycles. The number of benzene rings is 4. The predicted octanol–water partition coefficient (Wildman–Crippen LogP) is 26.1. The van der Waals surface area contributed by atoms with Gasteiger partial charge in [0.25, 0.3) is 0 Å². The number of aryl methyl sites for hydroxylation is 14. The van der Waals surface area contributed by atoms with Crippen molar-refractivity contribution in [1.82, 2.24) is 19.9 Å². The first-order valence-electron chi connectivity index (χ1n) is 48.9. The van der Waals surface area contributed by atoms with E-state index < -0.39 is 55.9 Å². The summed E-state index contributed by atoms with van der Waals surface area (Å²) in [7, 11) is 7.69. The molecule has 16 aromatic rings. The van der Waals surface area contributed by atoms with Gasteiger partial charge in [-0.2, -0.15) is 0 Å². The highest BCUT2D eigenvalue weighted by Crippen LogP contribution is 2.43. The molecule has 4 aromatic carbocycles.